The Labute approximate surface area is 140 Å². The Morgan fingerprint density at radius 2 is 2.14 bits per heavy atom. The summed E-state index contributed by atoms with van der Waals surface area (Å²) in [6, 6.07) is 3.12. The number of benzene rings is 1. The van der Waals surface area contributed by atoms with Gasteiger partial charge in [0.25, 0.3) is 0 Å². The molecule has 0 radical (unpaired) electrons. The van der Waals surface area contributed by atoms with Crippen molar-refractivity contribution in [2.75, 3.05) is 25.9 Å². The van der Waals surface area contributed by atoms with Crippen LogP contribution in [0.3, 0.4) is 0 Å². The van der Waals surface area contributed by atoms with Crippen molar-refractivity contribution in [3.63, 3.8) is 0 Å². The summed E-state index contributed by atoms with van der Waals surface area (Å²) in [5.74, 6) is 0.794. The maximum atomic E-state index is 12.8. The zero-order valence-electron chi connectivity index (χ0n) is 11.9. The first-order valence-electron chi connectivity index (χ1n) is 6.60. The second kappa shape index (κ2) is 7.06. The van der Waals surface area contributed by atoms with E-state index in [2.05, 4.69) is 5.32 Å². The molecule has 2 rings (SSSR count). The molecule has 118 valence electrons. The van der Waals surface area contributed by atoms with E-state index in [1.54, 1.807) is 24.9 Å². The summed E-state index contributed by atoms with van der Waals surface area (Å²) in [4.78, 5) is 0.0982. The predicted molar refractivity (Wildman–Crippen MR) is 89.9 cm³/mol. The Bertz CT molecular complexity index is 623. The molecule has 0 bridgehead atoms. The number of thioether (sulfide) groups is 1. The maximum absolute atomic E-state index is 12.8. The van der Waals surface area contributed by atoms with E-state index in [0.717, 1.165) is 5.75 Å². The van der Waals surface area contributed by atoms with Crippen LogP contribution in [-0.2, 0) is 16.6 Å². The van der Waals surface area contributed by atoms with E-state index >= 15 is 0 Å². The van der Waals surface area contributed by atoms with Crippen molar-refractivity contribution in [2.24, 2.45) is 0 Å². The van der Waals surface area contributed by atoms with Crippen LogP contribution in [0.15, 0.2) is 17.0 Å². The molecule has 21 heavy (non-hydrogen) atoms. The molecular formula is C13H18Cl2N2O2S2. The van der Waals surface area contributed by atoms with E-state index in [1.165, 1.54) is 10.4 Å². The molecule has 1 aromatic carbocycles. The molecule has 1 unspecified atom stereocenters. The van der Waals surface area contributed by atoms with Gasteiger partial charge in [0, 0.05) is 35.7 Å². The number of sulfonamides is 1. The molecule has 1 atom stereocenters. The summed E-state index contributed by atoms with van der Waals surface area (Å²) < 4.78 is 27.1. The minimum atomic E-state index is -3.61. The summed E-state index contributed by atoms with van der Waals surface area (Å²) in [6.07, 6.45) is 0. The van der Waals surface area contributed by atoms with E-state index < -0.39 is 10.0 Å². The lowest BCUT2D eigenvalue weighted by molar-refractivity contribution is 0.424. The standard InChI is InChI=1S/C13H18Cl2N2O2S2/c1-9-8-17(3-4-20-9)21(18,19)12-6-11(14)5-10(7-16-2)13(12)15/h5-6,9,16H,3-4,7-8H2,1-2H3. The van der Waals surface area contributed by atoms with E-state index in [4.69, 9.17) is 23.2 Å². The van der Waals surface area contributed by atoms with E-state index in [1.807, 2.05) is 6.92 Å². The van der Waals surface area contributed by atoms with Crippen molar-refractivity contribution in [1.82, 2.24) is 9.62 Å². The molecule has 0 saturated carbocycles. The smallest absolute Gasteiger partial charge is 0.244 e. The Morgan fingerprint density at radius 1 is 1.43 bits per heavy atom. The van der Waals surface area contributed by atoms with Crippen molar-refractivity contribution in [1.29, 1.82) is 0 Å². The highest BCUT2D eigenvalue weighted by Crippen LogP contribution is 2.33. The minimum Gasteiger partial charge on any atom is -0.316 e. The van der Waals surface area contributed by atoms with Crippen LogP contribution in [0, 0.1) is 0 Å². The molecule has 1 aliphatic rings. The number of nitrogens with zero attached hydrogens (tertiary/aromatic N) is 1. The second-order valence-corrected chi connectivity index (χ2v) is 9.22. The molecule has 1 heterocycles. The van der Waals surface area contributed by atoms with Crippen molar-refractivity contribution in [2.45, 2.75) is 23.6 Å². The number of hydrogen-bond acceptors (Lipinski definition) is 4. The van der Waals surface area contributed by atoms with Crippen LogP contribution in [0.4, 0.5) is 0 Å². The molecule has 4 nitrogen and oxygen atoms in total. The van der Waals surface area contributed by atoms with E-state index in [0.29, 0.717) is 30.2 Å². The molecule has 8 heteroatoms. The third kappa shape index (κ3) is 3.86. The molecule has 1 fully saturated rings. The number of nitrogens with one attached hydrogen (secondary N) is 1. The normalized spacial score (nSPS) is 20.7. The van der Waals surface area contributed by atoms with Gasteiger partial charge in [0.05, 0.1) is 5.02 Å². The van der Waals surface area contributed by atoms with Crippen molar-refractivity contribution < 1.29 is 8.42 Å². The van der Waals surface area contributed by atoms with Gasteiger partial charge in [0.15, 0.2) is 0 Å². The highest BCUT2D eigenvalue weighted by Gasteiger charge is 2.31. The molecule has 0 aliphatic carbocycles. The van der Waals surface area contributed by atoms with Crippen LogP contribution < -0.4 is 5.32 Å². The number of halogens is 2. The molecular weight excluding hydrogens is 351 g/mol. The largest absolute Gasteiger partial charge is 0.316 e. The summed E-state index contributed by atoms with van der Waals surface area (Å²) in [5, 5.41) is 3.87. The van der Waals surface area contributed by atoms with Gasteiger partial charge < -0.3 is 5.32 Å². The lowest BCUT2D eigenvalue weighted by atomic mass is 10.2. The zero-order chi connectivity index (χ0) is 15.6. The summed E-state index contributed by atoms with van der Waals surface area (Å²) in [5.41, 5.74) is 0.685. The van der Waals surface area contributed by atoms with Crippen LogP contribution in [-0.4, -0.2) is 43.9 Å². The maximum Gasteiger partial charge on any atom is 0.244 e. The van der Waals surface area contributed by atoms with Gasteiger partial charge in [-0.3, -0.25) is 0 Å². The summed E-state index contributed by atoms with van der Waals surface area (Å²) in [6.45, 7) is 3.49. The van der Waals surface area contributed by atoms with E-state index in [9.17, 15) is 8.42 Å². The first kappa shape index (κ1) is 17.4. The van der Waals surface area contributed by atoms with Gasteiger partial charge in [0.2, 0.25) is 10.0 Å². The first-order valence-corrected chi connectivity index (χ1v) is 9.85. The Balaban J connectivity index is 2.44. The SMILES string of the molecule is CNCc1cc(Cl)cc(S(=O)(=O)N2CCSC(C)C2)c1Cl. The van der Waals surface area contributed by atoms with Crippen LogP contribution in [0.5, 0.6) is 0 Å². The average molecular weight is 369 g/mol. The van der Waals surface area contributed by atoms with Crippen molar-refractivity contribution in [3.8, 4) is 0 Å². The fourth-order valence-electron chi connectivity index (χ4n) is 2.27. The average Bonchev–Trinajstić information content (AvgIpc) is 2.42. The molecule has 1 saturated heterocycles. The molecule has 1 aromatic rings. The van der Waals surface area contributed by atoms with Gasteiger partial charge in [-0.15, -0.1) is 0 Å². The second-order valence-electron chi connectivity index (χ2n) is 4.95. The first-order chi connectivity index (χ1) is 9.86. The molecule has 1 N–H and O–H groups in total. The third-order valence-electron chi connectivity index (χ3n) is 3.27. The third-order valence-corrected chi connectivity index (χ3v) is 7.07. The predicted octanol–water partition coefficient (Wildman–Crippen LogP) is 2.84. The summed E-state index contributed by atoms with van der Waals surface area (Å²) >= 11 is 14.1. The van der Waals surface area contributed by atoms with Crippen molar-refractivity contribution >= 4 is 45.0 Å². The number of rotatable bonds is 4. The lowest BCUT2D eigenvalue weighted by Gasteiger charge is -2.30. The zero-order valence-corrected chi connectivity index (χ0v) is 15.0. The molecule has 0 spiro atoms. The molecule has 1 aliphatic heterocycles. The Kier molecular flexibility index (Phi) is 5.84. The van der Waals surface area contributed by atoms with Crippen LogP contribution >= 0.6 is 35.0 Å². The van der Waals surface area contributed by atoms with Gasteiger partial charge in [-0.1, -0.05) is 30.1 Å². The van der Waals surface area contributed by atoms with Gasteiger partial charge in [-0.05, 0) is 24.7 Å². The number of hydrogen-bond donors (Lipinski definition) is 1. The Hall–Kier alpha value is 0.0200. The van der Waals surface area contributed by atoms with Crippen LogP contribution in [0.2, 0.25) is 10.0 Å². The minimum absolute atomic E-state index is 0.0982. The topological polar surface area (TPSA) is 49.4 Å². The molecule has 0 amide bonds. The van der Waals surface area contributed by atoms with E-state index in [-0.39, 0.29) is 15.2 Å². The highest BCUT2D eigenvalue weighted by atomic mass is 35.5. The van der Waals surface area contributed by atoms with Crippen molar-refractivity contribution in [3.05, 3.63) is 27.7 Å². The highest BCUT2D eigenvalue weighted by molar-refractivity contribution is 8.00. The van der Waals surface area contributed by atoms with Crippen LogP contribution in [0.25, 0.3) is 0 Å². The van der Waals surface area contributed by atoms with Gasteiger partial charge >= 0.3 is 0 Å². The van der Waals surface area contributed by atoms with Gasteiger partial charge in [-0.2, -0.15) is 16.1 Å². The lowest BCUT2D eigenvalue weighted by Crippen LogP contribution is -2.41. The fourth-order valence-corrected chi connectivity index (χ4v) is 5.93. The molecule has 0 aromatic heterocycles. The quantitative estimate of drug-likeness (QED) is 0.887. The van der Waals surface area contributed by atoms with Crippen LogP contribution in [0.1, 0.15) is 12.5 Å². The summed E-state index contributed by atoms with van der Waals surface area (Å²) in [7, 11) is -1.84. The van der Waals surface area contributed by atoms with Gasteiger partial charge in [0.1, 0.15) is 4.90 Å². The van der Waals surface area contributed by atoms with Gasteiger partial charge in [-0.25, -0.2) is 8.42 Å². The monoisotopic (exact) mass is 368 g/mol. The Morgan fingerprint density at radius 3 is 2.76 bits per heavy atom. The fraction of sp³-hybridized carbons (Fsp3) is 0.538.